The van der Waals surface area contributed by atoms with Crippen LogP contribution in [0.4, 0.5) is 0 Å². The first-order valence-corrected chi connectivity index (χ1v) is 6.16. The van der Waals surface area contributed by atoms with Crippen LogP contribution in [-0.2, 0) is 18.3 Å². The van der Waals surface area contributed by atoms with Crippen molar-refractivity contribution >= 4 is 16.8 Å². The number of imidazole rings is 1. The molecule has 88 valence electrons. The summed E-state index contributed by atoms with van der Waals surface area (Å²) in [6, 6.07) is 8.18. The van der Waals surface area contributed by atoms with Crippen molar-refractivity contribution in [3.05, 3.63) is 30.1 Å². The van der Waals surface area contributed by atoms with Crippen LogP contribution in [0, 0.1) is 5.92 Å². The highest BCUT2D eigenvalue weighted by Crippen LogP contribution is 2.26. The molecule has 0 radical (unpaired) electrons. The molecule has 1 aliphatic rings. The summed E-state index contributed by atoms with van der Waals surface area (Å²) in [6.07, 6.45) is 3.46. The number of fused-ring (bicyclic) bond motifs is 1. The Labute approximate surface area is 100 Å². The van der Waals surface area contributed by atoms with Gasteiger partial charge in [0.15, 0.2) is 0 Å². The zero-order valence-electron chi connectivity index (χ0n) is 10.0. The molecule has 0 bridgehead atoms. The number of aryl methyl sites for hydroxylation is 1. The molecule has 0 aliphatic heterocycles. The third-order valence-electron chi connectivity index (χ3n) is 3.70. The van der Waals surface area contributed by atoms with Crippen LogP contribution in [0.25, 0.3) is 11.0 Å². The van der Waals surface area contributed by atoms with Gasteiger partial charge in [0.25, 0.3) is 0 Å². The standard InChI is InChI=1S/C14H16N2O/c1-16-13-5-3-2-4-12(13)15-14(16)9-10-6-7-11(17)8-10/h2-5,10H,6-9H2,1H3. The van der Waals surface area contributed by atoms with E-state index in [0.717, 1.165) is 37.0 Å². The maximum absolute atomic E-state index is 11.3. The topological polar surface area (TPSA) is 34.9 Å². The second kappa shape index (κ2) is 3.99. The second-order valence-electron chi connectivity index (χ2n) is 4.93. The van der Waals surface area contributed by atoms with Crippen molar-refractivity contribution in [2.75, 3.05) is 0 Å². The van der Waals surface area contributed by atoms with Crippen molar-refractivity contribution in [2.45, 2.75) is 25.7 Å². The number of ketones is 1. The van der Waals surface area contributed by atoms with Gasteiger partial charge in [0.2, 0.25) is 0 Å². The molecule has 1 atom stereocenters. The molecule has 1 unspecified atom stereocenters. The summed E-state index contributed by atoms with van der Waals surface area (Å²) in [6.45, 7) is 0. The van der Waals surface area contributed by atoms with E-state index in [9.17, 15) is 4.79 Å². The first-order chi connectivity index (χ1) is 8.24. The van der Waals surface area contributed by atoms with Gasteiger partial charge in [0, 0.05) is 26.3 Å². The molecule has 0 amide bonds. The van der Waals surface area contributed by atoms with Crippen LogP contribution in [-0.4, -0.2) is 15.3 Å². The number of carbonyl (C=O) groups is 1. The van der Waals surface area contributed by atoms with E-state index in [2.05, 4.69) is 22.7 Å². The molecular formula is C14H16N2O. The van der Waals surface area contributed by atoms with Crippen LogP contribution in [0.5, 0.6) is 0 Å². The summed E-state index contributed by atoms with van der Waals surface area (Å²) < 4.78 is 2.15. The van der Waals surface area contributed by atoms with Crippen molar-refractivity contribution in [3.8, 4) is 0 Å². The van der Waals surface area contributed by atoms with Crippen molar-refractivity contribution in [2.24, 2.45) is 13.0 Å². The van der Waals surface area contributed by atoms with Gasteiger partial charge in [-0.25, -0.2) is 4.98 Å². The molecule has 3 heteroatoms. The van der Waals surface area contributed by atoms with E-state index < -0.39 is 0 Å². The van der Waals surface area contributed by atoms with Gasteiger partial charge < -0.3 is 4.57 Å². The average molecular weight is 228 g/mol. The van der Waals surface area contributed by atoms with Crippen molar-refractivity contribution < 1.29 is 4.79 Å². The highest BCUT2D eigenvalue weighted by Gasteiger charge is 2.23. The number of aromatic nitrogens is 2. The van der Waals surface area contributed by atoms with Gasteiger partial charge in [-0.3, -0.25) is 4.79 Å². The smallest absolute Gasteiger partial charge is 0.133 e. The first kappa shape index (κ1) is 10.5. The van der Waals surface area contributed by atoms with Crippen LogP contribution < -0.4 is 0 Å². The highest BCUT2D eigenvalue weighted by molar-refractivity contribution is 5.80. The minimum Gasteiger partial charge on any atom is -0.331 e. The fourth-order valence-corrected chi connectivity index (χ4v) is 2.70. The lowest BCUT2D eigenvalue weighted by molar-refractivity contribution is -0.117. The number of Topliss-reactive ketones (excluding diaryl/α,β-unsaturated/α-hetero) is 1. The van der Waals surface area contributed by atoms with Gasteiger partial charge in [0.1, 0.15) is 11.6 Å². The van der Waals surface area contributed by atoms with E-state index >= 15 is 0 Å². The molecule has 1 aromatic carbocycles. The molecule has 1 aliphatic carbocycles. The number of nitrogens with zero attached hydrogens (tertiary/aromatic N) is 2. The molecule has 1 heterocycles. The minimum absolute atomic E-state index is 0.411. The van der Waals surface area contributed by atoms with Crippen LogP contribution in [0.2, 0.25) is 0 Å². The van der Waals surface area contributed by atoms with E-state index in [1.54, 1.807) is 0 Å². The van der Waals surface area contributed by atoms with Crippen LogP contribution in [0.3, 0.4) is 0 Å². The Morgan fingerprint density at radius 3 is 2.94 bits per heavy atom. The molecular weight excluding hydrogens is 212 g/mol. The normalized spacial score (nSPS) is 20.3. The summed E-state index contributed by atoms with van der Waals surface area (Å²) in [5.41, 5.74) is 2.22. The van der Waals surface area contributed by atoms with E-state index in [4.69, 9.17) is 0 Å². The number of rotatable bonds is 2. The van der Waals surface area contributed by atoms with Crippen molar-refractivity contribution in [1.29, 1.82) is 0 Å². The lowest BCUT2D eigenvalue weighted by Gasteiger charge is -2.07. The molecule has 0 saturated heterocycles. The zero-order valence-corrected chi connectivity index (χ0v) is 10.0. The van der Waals surface area contributed by atoms with Crippen molar-refractivity contribution in [3.63, 3.8) is 0 Å². The number of hydrogen-bond donors (Lipinski definition) is 0. The van der Waals surface area contributed by atoms with Gasteiger partial charge >= 0.3 is 0 Å². The maximum atomic E-state index is 11.3. The maximum Gasteiger partial charge on any atom is 0.133 e. The molecule has 17 heavy (non-hydrogen) atoms. The number of benzene rings is 1. The minimum atomic E-state index is 0.411. The van der Waals surface area contributed by atoms with E-state index in [-0.39, 0.29) is 0 Å². The zero-order chi connectivity index (χ0) is 11.8. The van der Waals surface area contributed by atoms with Crippen LogP contribution >= 0.6 is 0 Å². The second-order valence-corrected chi connectivity index (χ2v) is 4.93. The average Bonchev–Trinajstić information content (AvgIpc) is 2.86. The van der Waals surface area contributed by atoms with Crippen LogP contribution in [0.1, 0.15) is 25.1 Å². The van der Waals surface area contributed by atoms with E-state index in [0.29, 0.717) is 11.7 Å². The molecule has 1 saturated carbocycles. The summed E-state index contributed by atoms with van der Waals surface area (Å²) in [4.78, 5) is 15.9. The van der Waals surface area contributed by atoms with Crippen molar-refractivity contribution in [1.82, 2.24) is 9.55 Å². The van der Waals surface area contributed by atoms with Gasteiger partial charge in [0.05, 0.1) is 11.0 Å². The van der Waals surface area contributed by atoms with Crippen LogP contribution in [0.15, 0.2) is 24.3 Å². The first-order valence-electron chi connectivity index (χ1n) is 6.16. The molecule has 1 fully saturated rings. The number of hydrogen-bond acceptors (Lipinski definition) is 2. The Balaban J connectivity index is 1.90. The summed E-state index contributed by atoms with van der Waals surface area (Å²) in [5, 5.41) is 0. The Morgan fingerprint density at radius 1 is 1.41 bits per heavy atom. The third-order valence-corrected chi connectivity index (χ3v) is 3.70. The fourth-order valence-electron chi connectivity index (χ4n) is 2.70. The number of para-hydroxylation sites is 2. The molecule has 3 nitrogen and oxygen atoms in total. The molecule has 0 spiro atoms. The lowest BCUT2D eigenvalue weighted by Crippen LogP contribution is -2.06. The summed E-state index contributed by atoms with van der Waals surface area (Å²) in [7, 11) is 2.06. The summed E-state index contributed by atoms with van der Waals surface area (Å²) in [5.74, 6) is 2.01. The lowest BCUT2D eigenvalue weighted by atomic mass is 10.0. The highest BCUT2D eigenvalue weighted by atomic mass is 16.1. The SMILES string of the molecule is Cn1c(CC2CCC(=O)C2)nc2ccccc21. The largest absolute Gasteiger partial charge is 0.331 e. The van der Waals surface area contributed by atoms with Gasteiger partial charge in [-0.2, -0.15) is 0 Å². The van der Waals surface area contributed by atoms with Gasteiger partial charge in [-0.05, 0) is 24.5 Å². The molecule has 2 aromatic rings. The quantitative estimate of drug-likeness (QED) is 0.791. The van der Waals surface area contributed by atoms with Gasteiger partial charge in [-0.15, -0.1) is 0 Å². The predicted octanol–water partition coefficient (Wildman–Crippen LogP) is 2.49. The van der Waals surface area contributed by atoms with Gasteiger partial charge in [-0.1, -0.05) is 12.1 Å². The Hall–Kier alpha value is -1.64. The van der Waals surface area contributed by atoms with E-state index in [1.807, 2.05) is 18.2 Å². The fraction of sp³-hybridized carbons (Fsp3) is 0.429. The molecule has 0 N–H and O–H groups in total. The summed E-state index contributed by atoms with van der Waals surface area (Å²) >= 11 is 0. The Bertz CT molecular complexity index is 571. The third kappa shape index (κ3) is 1.86. The Kier molecular flexibility index (Phi) is 2.46. The molecule has 1 aromatic heterocycles. The number of carbonyl (C=O) groups excluding carboxylic acids is 1. The van der Waals surface area contributed by atoms with E-state index in [1.165, 1.54) is 5.52 Å². The molecule has 3 rings (SSSR count). The Morgan fingerprint density at radius 2 is 2.24 bits per heavy atom. The monoisotopic (exact) mass is 228 g/mol. The predicted molar refractivity (Wildman–Crippen MR) is 66.8 cm³/mol.